The van der Waals surface area contributed by atoms with Crippen molar-refractivity contribution in [3.05, 3.63) is 0 Å². The van der Waals surface area contributed by atoms with Crippen LogP contribution >= 0.6 is 11.8 Å². The van der Waals surface area contributed by atoms with Gasteiger partial charge in [0.05, 0.1) is 12.2 Å². The number of ether oxygens (including phenoxy) is 1. The van der Waals surface area contributed by atoms with Gasteiger partial charge in [-0.2, -0.15) is 11.8 Å². The molecule has 3 nitrogen and oxygen atoms in total. The highest BCUT2D eigenvalue weighted by molar-refractivity contribution is 7.99. The molecule has 1 aliphatic carbocycles. The van der Waals surface area contributed by atoms with Gasteiger partial charge in [-0.3, -0.25) is 4.90 Å². The Bertz CT molecular complexity index is 271. The van der Waals surface area contributed by atoms with Gasteiger partial charge in [0, 0.05) is 25.2 Å². The van der Waals surface area contributed by atoms with E-state index in [9.17, 15) is 5.11 Å². The smallest absolute Gasteiger partial charge is 0.0713 e. The molecule has 1 N–H and O–H groups in total. The third kappa shape index (κ3) is 2.87. The minimum absolute atomic E-state index is 0.177. The van der Waals surface area contributed by atoms with Crippen LogP contribution in [-0.2, 0) is 4.74 Å². The molecule has 0 aromatic rings. The van der Waals surface area contributed by atoms with E-state index in [4.69, 9.17) is 4.74 Å². The molecule has 0 aromatic heterocycles. The highest BCUT2D eigenvalue weighted by Crippen LogP contribution is 2.41. The lowest BCUT2D eigenvalue weighted by atomic mass is 9.84. The van der Waals surface area contributed by atoms with Crippen molar-refractivity contribution in [1.82, 2.24) is 4.90 Å². The van der Waals surface area contributed by atoms with Crippen LogP contribution in [0.5, 0.6) is 0 Å². The first-order valence-electron chi connectivity index (χ1n) is 7.41. The van der Waals surface area contributed by atoms with Crippen molar-refractivity contribution in [2.24, 2.45) is 0 Å². The first-order valence-corrected chi connectivity index (χ1v) is 8.57. The molecule has 0 amide bonds. The van der Waals surface area contributed by atoms with Gasteiger partial charge in [0.1, 0.15) is 0 Å². The van der Waals surface area contributed by atoms with Gasteiger partial charge in [0.2, 0.25) is 0 Å². The Morgan fingerprint density at radius 1 is 1.17 bits per heavy atom. The van der Waals surface area contributed by atoms with Crippen LogP contribution in [0.4, 0.5) is 0 Å². The van der Waals surface area contributed by atoms with Crippen LogP contribution in [0.2, 0.25) is 0 Å². The lowest BCUT2D eigenvalue weighted by Gasteiger charge is -2.46. The number of aliphatic hydroxyl groups is 1. The summed E-state index contributed by atoms with van der Waals surface area (Å²) in [4.78, 5) is 2.58. The number of nitrogens with zero attached hydrogens (tertiary/aromatic N) is 1. The minimum atomic E-state index is 0.177. The van der Waals surface area contributed by atoms with Crippen molar-refractivity contribution in [3.8, 4) is 0 Å². The molecule has 2 heterocycles. The molecule has 1 saturated carbocycles. The van der Waals surface area contributed by atoms with Crippen LogP contribution in [0.1, 0.15) is 38.5 Å². The average molecular weight is 271 g/mol. The van der Waals surface area contributed by atoms with Crippen LogP contribution in [0.3, 0.4) is 0 Å². The molecule has 104 valence electrons. The number of rotatable bonds is 4. The van der Waals surface area contributed by atoms with Gasteiger partial charge in [-0.25, -0.2) is 0 Å². The predicted molar refractivity (Wildman–Crippen MR) is 75.1 cm³/mol. The first-order chi connectivity index (χ1) is 8.83. The van der Waals surface area contributed by atoms with E-state index in [0.29, 0.717) is 12.6 Å². The third-order valence-corrected chi connectivity index (χ3v) is 5.70. The fourth-order valence-electron chi connectivity index (χ4n) is 3.56. The second kappa shape index (κ2) is 5.70. The third-order valence-electron chi connectivity index (χ3n) is 4.71. The van der Waals surface area contributed by atoms with Crippen molar-refractivity contribution in [3.63, 3.8) is 0 Å². The fraction of sp³-hybridized carbons (Fsp3) is 1.00. The largest absolute Gasteiger partial charge is 0.395 e. The molecule has 0 bridgehead atoms. The van der Waals surface area contributed by atoms with Gasteiger partial charge < -0.3 is 9.84 Å². The molecule has 3 rings (SSSR count). The van der Waals surface area contributed by atoms with E-state index in [0.717, 1.165) is 25.6 Å². The summed E-state index contributed by atoms with van der Waals surface area (Å²) in [6.45, 7) is 2.08. The average Bonchev–Trinajstić information content (AvgIpc) is 3.21. The molecule has 1 atom stereocenters. The topological polar surface area (TPSA) is 32.7 Å². The Morgan fingerprint density at radius 3 is 2.61 bits per heavy atom. The zero-order valence-corrected chi connectivity index (χ0v) is 12.0. The van der Waals surface area contributed by atoms with Crippen LogP contribution < -0.4 is 0 Å². The Morgan fingerprint density at radius 2 is 1.94 bits per heavy atom. The summed E-state index contributed by atoms with van der Waals surface area (Å²) in [6, 6.07) is 1.41. The molecule has 3 fully saturated rings. The minimum Gasteiger partial charge on any atom is -0.395 e. The normalized spacial score (nSPS) is 32.0. The van der Waals surface area contributed by atoms with Gasteiger partial charge >= 0.3 is 0 Å². The van der Waals surface area contributed by atoms with Crippen molar-refractivity contribution in [2.45, 2.75) is 56.2 Å². The molecular weight excluding hydrogens is 246 g/mol. The summed E-state index contributed by atoms with van der Waals surface area (Å²) in [5.41, 5.74) is 0.177. The second-order valence-corrected chi connectivity index (χ2v) is 7.21. The zero-order chi connectivity index (χ0) is 12.4. The molecule has 2 aliphatic heterocycles. The van der Waals surface area contributed by atoms with Crippen molar-refractivity contribution in [2.75, 3.05) is 31.3 Å². The quantitative estimate of drug-likeness (QED) is 0.846. The van der Waals surface area contributed by atoms with Crippen LogP contribution in [-0.4, -0.2) is 59.0 Å². The van der Waals surface area contributed by atoms with Gasteiger partial charge in [0.15, 0.2) is 0 Å². The summed E-state index contributed by atoms with van der Waals surface area (Å²) in [7, 11) is 0. The van der Waals surface area contributed by atoms with Crippen LogP contribution in [0.15, 0.2) is 0 Å². The van der Waals surface area contributed by atoms with Crippen molar-refractivity contribution >= 4 is 11.8 Å². The molecule has 0 aromatic carbocycles. The Balaban J connectivity index is 1.64. The fourth-order valence-corrected chi connectivity index (χ4v) is 4.80. The highest BCUT2D eigenvalue weighted by Gasteiger charge is 2.43. The van der Waals surface area contributed by atoms with E-state index in [1.165, 1.54) is 43.6 Å². The molecule has 4 heteroatoms. The Hall–Kier alpha value is 0.230. The number of thioether (sulfide) groups is 1. The lowest BCUT2D eigenvalue weighted by Crippen LogP contribution is -2.51. The van der Waals surface area contributed by atoms with Crippen molar-refractivity contribution < 1.29 is 9.84 Å². The summed E-state index contributed by atoms with van der Waals surface area (Å²) in [5.74, 6) is 2.52. The van der Waals surface area contributed by atoms with Crippen molar-refractivity contribution in [1.29, 1.82) is 0 Å². The first kappa shape index (κ1) is 13.2. The molecule has 1 unspecified atom stereocenters. The Labute approximate surface area is 114 Å². The van der Waals surface area contributed by atoms with E-state index in [-0.39, 0.29) is 5.60 Å². The van der Waals surface area contributed by atoms with E-state index in [2.05, 4.69) is 16.7 Å². The maximum Gasteiger partial charge on any atom is 0.0713 e. The van der Waals surface area contributed by atoms with Gasteiger partial charge in [0.25, 0.3) is 0 Å². The summed E-state index contributed by atoms with van der Waals surface area (Å²) in [5, 5.41) is 9.27. The molecule has 0 radical (unpaired) electrons. The second-order valence-electron chi connectivity index (χ2n) is 5.98. The van der Waals surface area contributed by atoms with Gasteiger partial charge in [-0.05, 0) is 50.0 Å². The SMILES string of the molecule is OCCN(C1CC1)C1CCOC2(CCSCC2)C1. The predicted octanol–water partition coefficient (Wildman–Crippen LogP) is 1.89. The standard InChI is InChI=1S/C14H25NO2S/c16-7-6-15(12-1-2-12)13-3-8-17-14(11-13)4-9-18-10-5-14/h12-13,16H,1-11H2. The number of aliphatic hydroxyl groups excluding tert-OH is 1. The number of hydrogen-bond donors (Lipinski definition) is 1. The van der Waals surface area contributed by atoms with E-state index in [1.54, 1.807) is 0 Å². The molecule has 2 saturated heterocycles. The summed E-state index contributed by atoms with van der Waals surface area (Å²) >= 11 is 2.07. The molecular formula is C14H25NO2S. The summed E-state index contributed by atoms with van der Waals surface area (Å²) < 4.78 is 6.16. The van der Waals surface area contributed by atoms with E-state index in [1.807, 2.05) is 0 Å². The zero-order valence-electron chi connectivity index (χ0n) is 11.1. The van der Waals surface area contributed by atoms with Crippen LogP contribution in [0, 0.1) is 0 Å². The maximum atomic E-state index is 9.27. The highest BCUT2D eigenvalue weighted by atomic mass is 32.2. The van der Waals surface area contributed by atoms with E-state index < -0.39 is 0 Å². The molecule has 3 aliphatic rings. The Kier molecular flexibility index (Phi) is 4.18. The molecule has 1 spiro atoms. The van der Waals surface area contributed by atoms with Gasteiger partial charge in [-0.15, -0.1) is 0 Å². The molecule has 18 heavy (non-hydrogen) atoms. The lowest BCUT2D eigenvalue weighted by molar-refractivity contribution is -0.112. The van der Waals surface area contributed by atoms with E-state index >= 15 is 0 Å². The van der Waals surface area contributed by atoms with Gasteiger partial charge in [-0.1, -0.05) is 0 Å². The monoisotopic (exact) mass is 271 g/mol. The summed E-state index contributed by atoms with van der Waals surface area (Å²) in [6.07, 6.45) is 7.48. The number of hydrogen-bond acceptors (Lipinski definition) is 4. The van der Waals surface area contributed by atoms with Crippen LogP contribution in [0.25, 0.3) is 0 Å². The maximum absolute atomic E-state index is 9.27.